The molecule has 0 amide bonds. The number of hydrogen-bond acceptors (Lipinski definition) is 2. The summed E-state index contributed by atoms with van der Waals surface area (Å²) in [5.74, 6) is 0.901. The van der Waals surface area contributed by atoms with Crippen LogP contribution in [-0.2, 0) is 9.47 Å². The van der Waals surface area contributed by atoms with Gasteiger partial charge in [-0.15, -0.1) is 0 Å². The maximum absolute atomic E-state index is 5.92. The van der Waals surface area contributed by atoms with Crippen LogP contribution in [0, 0.1) is 11.3 Å². The second-order valence-electron chi connectivity index (χ2n) is 5.95. The zero-order valence-corrected chi connectivity index (χ0v) is 11.0. The van der Waals surface area contributed by atoms with Crippen LogP contribution in [0.5, 0.6) is 0 Å². The summed E-state index contributed by atoms with van der Waals surface area (Å²) in [4.78, 5) is 0. The molecule has 1 unspecified atom stereocenters. The van der Waals surface area contributed by atoms with Crippen LogP contribution in [0.15, 0.2) is 0 Å². The van der Waals surface area contributed by atoms with E-state index >= 15 is 0 Å². The van der Waals surface area contributed by atoms with Crippen molar-refractivity contribution in [1.82, 2.24) is 0 Å². The highest BCUT2D eigenvalue weighted by Crippen LogP contribution is 2.53. The van der Waals surface area contributed by atoms with Crippen molar-refractivity contribution in [3.8, 4) is 0 Å². The zero-order valence-electron chi connectivity index (χ0n) is 11.0. The lowest BCUT2D eigenvalue weighted by Gasteiger charge is -2.43. The highest BCUT2D eigenvalue weighted by Gasteiger charge is 2.47. The van der Waals surface area contributed by atoms with Gasteiger partial charge in [-0.05, 0) is 57.3 Å². The van der Waals surface area contributed by atoms with E-state index in [9.17, 15) is 0 Å². The van der Waals surface area contributed by atoms with Crippen molar-refractivity contribution in [2.24, 2.45) is 11.3 Å². The Hall–Kier alpha value is -0.0800. The van der Waals surface area contributed by atoms with Gasteiger partial charge in [0.15, 0.2) is 0 Å². The largest absolute Gasteiger partial charge is 0.381 e. The van der Waals surface area contributed by atoms with Gasteiger partial charge in [0.25, 0.3) is 0 Å². The van der Waals surface area contributed by atoms with E-state index in [1.54, 1.807) is 0 Å². The lowest BCUT2D eigenvalue weighted by Crippen LogP contribution is -2.40. The highest BCUT2D eigenvalue weighted by molar-refractivity contribution is 4.97. The molecular weight excluding hydrogens is 200 g/mol. The maximum Gasteiger partial charge on any atom is 0.0577 e. The summed E-state index contributed by atoms with van der Waals surface area (Å²) in [5.41, 5.74) is 0.448. The number of rotatable bonds is 4. The predicted molar refractivity (Wildman–Crippen MR) is 65.5 cm³/mol. The average molecular weight is 226 g/mol. The molecule has 2 nitrogen and oxygen atoms in total. The van der Waals surface area contributed by atoms with E-state index in [1.165, 1.54) is 38.5 Å². The molecular formula is C14H26O2. The molecule has 0 spiro atoms. The summed E-state index contributed by atoms with van der Waals surface area (Å²) in [6.07, 6.45) is 8.82. The molecule has 2 aliphatic rings. The van der Waals surface area contributed by atoms with Crippen molar-refractivity contribution in [1.29, 1.82) is 0 Å². The second-order valence-corrected chi connectivity index (χ2v) is 5.95. The molecule has 94 valence electrons. The molecule has 0 aromatic carbocycles. The monoisotopic (exact) mass is 226 g/mol. The van der Waals surface area contributed by atoms with Gasteiger partial charge >= 0.3 is 0 Å². The summed E-state index contributed by atoms with van der Waals surface area (Å²) in [5, 5.41) is 0. The van der Waals surface area contributed by atoms with E-state index in [0.717, 1.165) is 12.5 Å². The third-order valence-corrected chi connectivity index (χ3v) is 4.60. The Morgan fingerprint density at radius 1 is 1.25 bits per heavy atom. The summed E-state index contributed by atoms with van der Waals surface area (Å²) in [6, 6.07) is 0. The molecule has 2 saturated carbocycles. The Labute approximate surface area is 99.7 Å². The molecule has 0 aromatic heterocycles. The number of methoxy groups -OCH3 is 1. The Kier molecular flexibility index (Phi) is 3.91. The molecule has 3 atom stereocenters. The molecule has 0 aliphatic heterocycles. The first-order chi connectivity index (χ1) is 7.66. The van der Waals surface area contributed by atoms with Gasteiger partial charge in [-0.2, -0.15) is 0 Å². The van der Waals surface area contributed by atoms with Crippen molar-refractivity contribution >= 4 is 0 Å². The van der Waals surface area contributed by atoms with E-state index < -0.39 is 0 Å². The van der Waals surface area contributed by atoms with Crippen LogP contribution in [0.4, 0.5) is 0 Å². The van der Waals surface area contributed by atoms with Crippen LogP contribution < -0.4 is 0 Å². The SMILES string of the molecule is CO[C@H]1CCC2CCC[C@]2(COC(C)C)C1. The highest BCUT2D eigenvalue weighted by atomic mass is 16.5. The fourth-order valence-corrected chi connectivity index (χ4v) is 3.66. The Morgan fingerprint density at radius 3 is 2.75 bits per heavy atom. The van der Waals surface area contributed by atoms with Crippen LogP contribution in [0.1, 0.15) is 52.4 Å². The minimum atomic E-state index is 0.360. The molecule has 16 heavy (non-hydrogen) atoms. The first-order valence-corrected chi connectivity index (χ1v) is 6.81. The first kappa shape index (κ1) is 12.4. The predicted octanol–water partition coefficient (Wildman–Crippen LogP) is 3.40. The van der Waals surface area contributed by atoms with E-state index in [4.69, 9.17) is 9.47 Å². The quantitative estimate of drug-likeness (QED) is 0.731. The standard InChI is InChI=1S/C14H26O2/c1-11(2)16-10-14-8-4-5-12(14)6-7-13(9-14)15-3/h11-13H,4-10H2,1-3H3/t12?,13-,14+/m0/s1. The molecule has 0 N–H and O–H groups in total. The maximum atomic E-state index is 5.92. The van der Waals surface area contributed by atoms with Gasteiger partial charge in [-0.25, -0.2) is 0 Å². The molecule has 2 fully saturated rings. The number of ether oxygens (including phenoxy) is 2. The average Bonchev–Trinajstić information content (AvgIpc) is 2.69. The third-order valence-electron chi connectivity index (χ3n) is 4.60. The number of fused-ring (bicyclic) bond motifs is 1. The van der Waals surface area contributed by atoms with Crippen molar-refractivity contribution in [3.05, 3.63) is 0 Å². The first-order valence-electron chi connectivity index (χ1n) is 6.81. The lowest BCUT2D eigenvalue weighted by molar-refractivity contribution is -0.0703. The molecule has 0 heterocycles. The summed E-state index contributed by atoms with van der Waals surface area (Å²) in [7, 11) is 1.86. The van der Waals surface area contributed by atoms with Gasteiger partial charge in [-0.1, -0.05) is 6.42 Å². The third kappa shape index (κ3) is 2.43. The van der Waals surface area contributed by atoms with E-state index in [0.29, 0.717) is 17.6 Å². The van der Waals surface area contributed by atoms with E-state index in [1.807, 2.05) is 7.11 Å². The van der Waals surface area contributed by atoms with Gasteiger partial charge in [0.2, 0.25) is 0 Å². The smallest absolute Gasteiger partial charge is 0.0577 e. The fourth-order valence-electron chi connectivity index (χ4n) is 3.66. The topological polar surface area (TPSA) is 18.5 Å². The van der Waals surface area contributed by atoms with Crippen molar-refractivity contribution in [2.45, 2.75) is 64.6 Å². The molecule has 0 bridgehead atoms. The minimum Gasteiger partial charge on any atom is -0.381 e. The Bertz CT molecular complexity index is 227. The van der Waals surface area contributed by atoms with Crippen LogP contribution in [0.25, 0.3) is 0 Å². The molecule has 0 radical (unpaired) electrons. The van der Waals surface area contributed by atoms with Crippen molar-refractivity contribution in [3.63, 3.8) is 0 Å². The lowest BCUT2D eigenvalue weighted by atomic mass is 9.67. The molecule has 0 saturated heterocycles. The van der Waals surface area contributed by atoms with Crippen molar-refractivity contribution < 1.29 is 9.47 Å². The minimum absolute atomic E-state index is 0.360. The van der Waals surface area contributed by atoms with Crippen molar-refractivity contribution in [2.75, 3.05) is 13.7 Å². The molecule has 2 heteroatoms. The Balaban J connectivity index is 2.00. The van der Waals surface area contributed by atoms with Crippen LogP contribution in [0.3, 0.4) is 0 Å². The van der Waals surface area contributed by atoms with Gasteiger partial charge in [0, 0.05) is 7.11 Å². The summed E-state index contributed by atoms with van der Waals surface area (Å²) >= 11 is 0. The van der Waals surface area contributed by atoms with Gasteiger partial charge < -0.3 is 9.47 Å². The van der Waals surface area contributed by atoms with Crippen LogP contribution in [-0.4, -0.2) is 25.9 Å². The molecule has 2 aliphatic carbocycles. The fraction of sp³-hybridized carbons (Fsp3) is 1.00. The van der Waals surface area contributed by atoms with Gasteiger partial charge in [0.05, 0.1) is 18.8 Å². The number of hydrogen-bond donors (Lipinski definition) is 0. The Morgan fingerprint density at radius 2 is 2.06 bits per heavy atom. The summed E-state index contributed by atoms with van der Waals surface area (Å²) in [6.45, 7) is 5.23. The van der Waals surface area contributed by atoms with E-state index in [-0.39, 0.29) is 0 Å². The molecule has 0 aromatic rings. The normalized spacial score (nSPS) is 39.0. The van der Waals surface area contributed by atoms with Gasteiger partial charge in [0.1, 0.15) is 0 Å². The zero-order chi connectivity index (χ0) is 11.6. The van der Waals surface area contributed by atoms with E-state index in [2.05, 4.69) is 13.8 Å². The van der Waals surface area contributed by atoms with Crippen LogP contribution in [0.2, 0.25) is 0 Å². The molecule has 2 rings (SSSR count). The summed E-state index contributed by atoms with van der Waals surface area (Å²) < 4.78 is 11.5. The van der Waals surface area contributed by atoms with Crippen LogP contribution >= 0.6 is 0 Å². The van der Waals surface area contributed by atoms with Gasteiger partial charge in [-0.3, -0.25) is 0 Å². The second kappa shape index (κ2) is 5.05.